The van der Waals surface area contributed by atoms with E-state index in [0.717, 1.165) is 36.7 Å². The Balaban J connectivity index is 1.57. The van der Waals surface area contributed by atoms with Crippen LogP contribution in [0.25, 0.3) is 0 Å². The van der Waals surface area contributed by atoms with Gasteiger partial charge in [-0.1, -0.05) is 54.6 Å². The number of nitrogens with zero attached hydrogens (tertiary/aromatic N) is 5. The SMILES string of the molecule is Cc1[nH]ncc1C(c1ccccc1)N1CCN(c2cnccn2)CC1c1ccc(CO)cc1. The van der Waals surface area contributed by atoms with Gasteiger partial charge in [-0.15, -0.1) is 0 Å². The fraction of sp³-hybridized carbons (Fsp3) is 0.269. The van der Waals surface area contributed by atoms with Crippen LogP contribution in [-0.2, 0) is 6.61 Å². The van der Waals surface area contributed by atoms with Gasteiger partial charge in [0, 0.05) is 43.3 Å². The molecule has 1 aliphatic rings. The van der Waals surface area contributed by atoms with Crippen LogP contribution >= 0.6 is 0 Å². The number of piperazine rings is 1. The molecule has 4 aromatic rings. The number of benzene rings is 2. The van der Waals surface area contributed by atoms with Crippen molar-refractivity contribution in [2.45, 2.75) is 25.6 Å². The van der Waals surface area contributed by atoms with E-state index in [1.54, 1.807) is 12.4 Å². The summed E-state index contributed by atoms with van der Waals surface area (Å²) in [5, 5.41) is 17.0. The summed E-state index contributed by atoms with van der Waals surface area (Å²) in [4.78, 5) is 13.7. The van der Waals surface area contributed by atoms with Crippen LogP contribution in [0.4, 0.5) is 5.82 Å². The van der Waals surface area contributed by atoms with Crippen LogP contribution in [0.2, 0.25) is 0 Å². The number of aliphatic hydroxyl groups is 1. The molecule has 7 nitrogen and oxygen atoms in total. The molecule has 0 saturated carbocycles. The Morgan fingerprint density at radius 1 is 1.03 bits per heavy atom. The molecule has 7 heteroatoms. The molecule has 2 aromatic heterocycles. The van der Waals surface area contributed by atoms with Gasteiger partial charge >= 0.3 is 0 Å². The average molecular weight is 441 g/mol. The maximum absolute atomic E-state index is 9.53. The zero-order valence-corrected chi connectivity index (χ0v) is 18.7. The summed E-state index contributed by atoms with van der Waals surface area (Å²) in [7, 11) is 0. The molecular formula is C26H28N6O. The van der Waals surface area contributed by atoms with E-state index in [1.165, 1.54) is 16.7 Å². The second-order valence-corrected chi connectivity index (χ2v) is 8.43. The van der Waals surface area contributed by atoms with Crippen LogP contribution in [0, 0.1) is 6.92 Å². The molecule has 168 valence electrons. The second kappa shape index (κ2) is 9.52. The molecule has 0 amide bonds. The third-order valence-electron chi connectivity index (χ3n) is 6.45. The van der Waals surface area contributed by atoms with Crippen molar-refractivity contribution in [3.05, 3.63) is 107 Å². The van der Waals surface area contributed by atoms with E-state index in [0.29, 0.717) is 0 Å². The molecular weight excluding hydrogens is 412 g/mol. The Morgan fingerprint density at radius 3 is 2.52 bits per heavy atom. The Hall–Kier alpha value is -3.55. The zero-order valence-electron chi connectivity index (χ0n) is 18.7. The first kappa shape index (κ1) is 21.3. The predicted molar refractivity (Wildman–Crippen MR) is 128 cm³/mol. The summed E-state index contributed by atoms with van der Waals surface area (Å²) < 4.78 is 0. The van der Waals surface area contributed by atoms with Gasteiger partial charge in [0.25, 0.3) is 0 Å². The molecule has 2 unspecified atom stereocenters. The van der Waals surface area contributed by atoms with Gasteiger partial charge in [-0.25, -0.2) is 4.98 Å². The van der Waals surface area contributed by atoms with Crippen LogP contribution in [0.3, 0.4) is 0 Å². The van der Waals surface area contributed by atoms with Crippen LogP contribution in [0.15, 0.2) is 79.4 Å². The molecule has 5 rings (SSSR count). The van der Waals surface area contributed by atoms with Crippen molar-refractivity contribution in [2.75, 3.05) is 24.5 Å². The van der Waals surface area contributed by atoms with Crippen LogP contribution in [0.1, 0.15) is 40.0 Å². The summed E-state index contributed by atoms with van der Waals surface area (Å²) in [6.45, 7) is 4.62. The number of aromatic amines is 1. The zero-order chi connectivity index (χ0) is 22.6. The third kappa shape index (κ3) is 4.37. The Kier molecular flexibility index (Phi) is 6.15. The first-order valence-corrected chi connectivity index (χ1v) is 11.3. The number of anilines is 1. The lowest BCUT2D eigenvalue weighted by Crippen LogP contribution is -2.50. The molecule has 2 aromatic carbocycles. The first-order valence-electron chi connectivity index (χ1n) is 11.3. The smallest absolute Gasteiger partial charge is 0.147 e. The minimum Gasteiger partial charge on any atom is -0.392 e. The van der Waals surface area contributed by atoms with E-state index in [1.807, 2.05) is 24.5 Å². The van der Waals surface area contributed by atoms with Crippen molar-refractivity contribution in [3.63, 3.8) is 0 Å². The highest BCUT2D eigenvalue weighted by atomic mass is 16.3. The number of rotatable bonds is 6. The van der Waals surface area contributed by atoms with Gasteiger partial charge in [-0.2, -0.15) is 5.10 Å². The number of H-pyrrole nitrogens is 1. The lowest BCUT2D eigenvalue weighted by atomic mass is 9.92. The molecule has 1 saturated heterocycles. The Morgan fingerprint density at radius 2 is 1.85 bits per heavy atom. The third-order valence-corrected chi connectivity index (χ3v) is 6.45. The van der Waals surface area contributed by atoms with Crippen molar-refractivity contribution in [2.24, 2.45) is 0 Å². The summed E-state index contributed by atoms with van der Waals surface area (Å²) in [6.07, 6.45) is 7.23. The topological polar surface area (TPSA) is 81.2 Å². The van der Waals surface area contributed by atoms with Gasteiger partial charge in [-0.3, -0.25) is 15.0 Å². The maximum atomic E-state index is 9.53. The van der Waals surface area contributed by atoms with Gasteiger partial charge < -0.3 is 10.0 Å². The van der Waals surface area contributed by atoms with E-state index in [2.05, 4.69) is 79.4 Å². The summed E-state index contributed by atoms with van der Waals surface area (Å²) in [6, 6.07) is 19.1. The van der Waals surface area contributed by atoms with Crippen molar-refractivity contribution < 1.29 is 5.11 Å². The molecule has 33 heavy (non-hydrogen) atoms. The lowest BCUT2D eigenvalue weighted by molar-refractivity contribution is 0.138. The minimum absolute atomic E-state index is 0.0429. The van der Waals surface area contributed by atoms with Gasteiger partial charge in [0.05, 0.1) is 31.1 Å². The predicted octanol–water partition coefficient (Wildman–Crippen LogP) is 3.65. The summed E-state index contributed by atoms with van der Waals surface area (Å²) in [5.41, 5.74) is 5.63. The second-order valence-electron chi connectivity index (χ2n) is 8.43. The fourth-order valence-electron chi connectivity index (χ4n) is 4.73. The van der Waals surface area contributed by atoms with Gasteiger partial charge in [-0.05, 0) is 23.6 Å². The molecule has 0 radical (unpaired) electrons. The van der Waals surface area contributed by atoms with Crippen molar-refractivity contribution in [1.82, 2.24) is 25.1 Å². The standard InChI is InChI=1S/C26H28N6O/c1-19-23(15-29-30-19)26(22-5-3-2-4-6-22)32-14-13-31(25-16-27-11-12-28-25)17-24(32)21-9-7-20(18-33)8-10-21/h2-12,15-16,24,26,33H,13-14,17-18H2,1H3,(H,29,30). The molecule has 2 atom stereocenters. The molecule has 3 heterocycles. The number of nitrogens with one attached hydrogen (secondary N) is 1. The van der Waals surface area contributed by atoms with E-state index < -0.39 is 0 Å². The van der Waals surface area contributed by atoms with Crippen LogP contribution in [-0.4, -0.2) is 49.8 Å². The van der Waals surface area contributed by atoms with Gasteiger partial charge in [0.1, 0.15) is 5.82 Å². The number of hydrogen-bond acceptors (Lipinski definition) is 6. The van der Waals surface area contributed by atoms with E-state index >= 15 is 0 Å². The average Bonchev–Trinajstić information content (AvgIpc) is 3.31. The van der Waals surface area contributed by atoms with Crippen molar-refractivity contribution in [3.8, 4) is 0 Å². The number of aromatic nitrogens is 4. The molecule has 0 aliphatic carbocycles. The van der Waals surface area contributed by atoms with Gasteiger partial charge in [0.15, 0.2) is 0 Å². The molecule has 1 aliphatic heterocycles. The van der Waals surface area contributed by atoms with Crippen LogP contribution < -0.4 is 4.90 Å². The molecule has 0 bridgehead atoms. The highest BCUT2D eigenvalue weighted by Gasteiger charge is 2.36. The Labute approximate surface area is 193 Å². The number of hydrogen-bond donors (Lipinski definition) is 2. The largest absolute Gasteiger partial charge is 0.392 e. The van der Waals surface area contributed by atoms with Crippen LogP contribution in [0.5, 0.6) is 0 Å². The summed E-state index contributed by atoms with van der Waals surface area (Å²) in [5.74, 6) is 0.893. The Bertz CT molecular complexity index is 1160. The van der Waals surface area contributed by atoms with E-state index in [4.69, 9.17) is 0 Å². The molecule has 1 fully saturated rings. The summed E-state index contributed by atoms with van der Waals surface area (Å²) >= 11 is 0. The van der Waals surface area contributed by atoms with E-state index in [-0.39, 0.29) is 18.7 Å². The quantitative estimate of drug-likeness (QED) is 0.476. The fourth-order valence-corrected chi connectivity index (χ4v) is 4.73. The maximum Gasteiger partial charge on any atom is 0.147 e. The van der Waals surface area contributed by atoms with Gasteiger partial charge in [0.2, 0.25) is 0 Å². The van der Waals surface area contributed by atoms with Crippen molar-refractivity contribution in [1.29, 1.82) is 0 Å². The first-order chi connectivity index (χ1) is 16.2. The van der Waals surface area contributed by atoms with E-state index in [9.17, 15) is 5.11 Å². The minimum atomic E-state index is 0.0429. The number of aliphatic hydroxyl groups excluding tert-OH is 1. The highest BCUT2D eigenvalue weighted by molar-refractivity contribution is 5.40. The molecule has 0 spiro atoms. The monoisotopic (exact) mass is 440 g/mol. The van der Waals surface area contributed by atoms with Crippen molar-refractivity contribution >= 4 is 5.82 Å². The highest BCUT2D eigenvalue weighted by Crippen LogP contribution is 2.39. The normalized spacial score (nSPS) is 17.8. The number of aryl methyl sites for hydroxylation is 1. The molecule has 2 N–H and O–H groups in total. The lowest BCUT2D eigenvalue weighted by Gasteiger charge is -2.46.